The van der Waals surface area contributed by atoms with Crippen LogP contribution in [0.3, 0.4) is 0 Å². The number of terminal acetylenes is 1. The molecular formula is C30H39ClN4O5. The first kappa shape index (κ1) is 32.6. The number of halogens is 1. The van der Waals surface area contributed by atoms with Gasteiger partial charge in [0, 0.05) is 38.3 Å². The molecule has 0 amide bonds. The molecule has 1 fully saturated rings. The van der Waals surface area contributed by atoms with E-state index < -0.39 is 11.0 Å². The van der Waals surface area contributed by atoms with E-state index in [0.29, 0.717) is 36.1 Å². The average molecular weight is 571 g/mol. The van der Waals surface area contributed by atoms with Crippen molar-refractivity contribution in [1.82, 2.24) is 15.2 Å². The lowest BCUT2D eigenvalue weighted by molar-refractivity contribution is -0.404. The summed E-state index contributed by atoms with van der Waals surface area (Å²) >= 11 is 5.70. The summed E-state index contributed by atoms with van der Waals surface area (Å²) in [6.45, 7) is 13.2. The molecule has 0 radical (unpaired) electrons. The number of ether oxygens (including phenoxy) is 1. The smallest absolute Gasteiger partial charge is 0.310 e. The Hall–Kier alpha value is -3.64. The predicted molar refractivity (Wildman–Crippen MR) is 155 cm³/mol. The summed E-state index contributed by atoms with van der Waals surface area (Å²) in [6, 6.07) is 3.54. The molecule has 1 aromatic rings. The molecule has 216 valence electrons. The van der Waals surface area contributed by atoms with Crippen LogP contribution in [0.4, 0.5) is 0 Å². The quantitative estimate of drug-likeness (QED) is 0.101. The van der Waals surface area contributed by atoms with Gasteiger partial charge >= 0.3 is 5.97 Å². The highest BCUT2D eigenvalue weighted by Gasteiger charge is 2.61. The molecule has 40 heavy (non-hydrogen) atoms. The number of esters is 1. The van der Waals surface area contributed by atoms with Crippen molar-refractivity contribution in [2.24, 2.45) is 17.3 Å². The van der Waals surface area contributed by atoms with E-state index in [4.69, 9.17) is 22.8 Å². The summed E-state index contributed by atoms with van der Waals surface area (Å²) < 4.78 is 5.63. The zero-order valence-corrected chi connectivity index (χ0v) is 25.0. The highest BCUT2D eigenvalue weighted by Crippen LogP contribution is 2.60. The molecule has 0 aliphatic heterocycles. The van der Waals surface area contributed by atoms with Crippen molar-refractivity contribution in [1.29, 1.82) is 0 Å². The van der Waals surface area contributed by atoms with E-state index in [1.165, 1.54) is 5.57 Å². The summed E-state index contributed by atoms with van der Waals surface area (Å²) in [5, 5.41) is 13.8. The fraction of sp³-hybridized carbons (Fsp3) is 0.500. The van der Waals surface area contributed by atoms with Crippen LogP contribution < -0.4 is 5.32 Å². The second kappa shape index (κ2) is 14.1. The van der Waals surface area contributed by atoms with Gasteiger partial charge in [-0.05, 0) is 56.2 Å². The normalized spacial score (nSPS) is 21.0. The van der Waals surface area contributed by atoms with Crippen LogP contribution in [0.2, 0.25) is 5.15 Å². The standard InChI is InChI=1S/C19H24O3.C11H15ClN4O2/c1-7-8-13-12(4)16(10-15(13)20)22-18(21)17-14(9-11(2)3)19(17,5)6;1-3-15(11(13-2)8-16(17)18)7-9-4-5-10(12)14-6-9/h1,9,14,16-17H,8,10H2,2-6H3;4-6,8,13H,3,7H2,1-2H3/b;11-8+/t14?,16-,17?;/m0./s1. The van der Waals surface area contributed by atoms with Crippen molar-refractivity contribution in [2.75, 3.05) is 13.6 Å². The third kappa shape index (κ3) is 8.43. The molecule has 10 heteroatoms. The number of carbonyl (C=O) groups is 2. The lowest BCUT2D eigenvalue weighted by atomic mass is 10.1. The van der Waals surface area contributed by atoms with E-state index >= 15 is 0 Å². The second-order valence-electron chi connectivity index (χ2n) is 10.7. The molecule has 0 aromatic carbocycles. The number of rotatable bonds is 10. The highest BCUT2D eigenvalue weighted by atomic mass is 35.5. The molecule has 0 spiro atoms. The second-order valence-corrected chi connectivity index (χ2v) is 11.1. The van der Waals surface area contributed by atoms with Crippen LogP contribution in [0.1, 0.15) is 59.9 Å². The van der Waals surface area contributed by atoms with Crippen LogP contribution in [0.15, 0.2) is 53.1 Å². The number of allylic oxidation sites excluding steroid dienone is 3. The lowest BCUT2D eigenvalue weighted by Crippen LogP contribution is -2.30. The van der Waals surface area contributed by atoms with Crippen LogP contribution in [-0.2, 0) is 20.9 Å². The first-order chi connectivity index (χ1) is 18.8. The number of nitrogens with zero attached hydrogens (tertiary/aromatic N) is 3. The van der Waals surface area contributed by atoms with Crippen molar-refractivity contribution in [3.8, 4) is 12.3 Å². The Kier molecular flexibility index (Phi) is 11.5. The minimum Gasteiger partial charge on any atom is -0.457 e. The summed E-state index contributed by atoms with van der Waals surface area (Å²) in [5.41, 5.74) is 3.52. The van der Waals surface area contributed by atoms with Gasteiger partial charge in [0.1, 0.15) is 11.3 Å². The van der Waals surface area contributed by atoms with Gasteiger partial charge in [0.05, 0.1) is 17.3 Å². The maximum Gasteiger partial charge on any atom is 0.310 e. The fourth-order valence-electron chi connectivity index (χ4n) is 4.83. The summed E-state index contributed by atoms with van der Waals surface area (Å²) in [5.74, 6) is 2.85. The van der Waals surface area contributed by atoms with E-state index in [1.807, 2.05) is 38.7 Å². The number of pyridine rings is 1. The van der Waals surface area contributed by atoms with E-state index in [9.17, 15) is 19.7 Å². The predicted octanol–water partition coefficient (Wildman–Crippen LogP) is 5.30. The SMILES string of the molecule is C#CCC1=C(C)[C@@H](OC(=O)C2C(C=C(C)C)C2(C)C)CC1=O.CCN(Cc1ccc(Cl)nc1)/C(=C/[N+](=O)[O-])NC. The minimum atomic E-state index is -0.478. The monoisotopic (exact) mass is 570 g/mol. The zero-order valence-electron chi connectivity index (χ0n) is 24.3. The van der Waals surface area contributed by atoms with Crippen LogP contribution in [0, 0.1) is 39.7 Å². The van der Waals surface area contributed by atoms with E-state index in [0.717, 1.165) is 17.3 Å². The fourth-order valence-corrected chi connectivity index (χ4v) is 4.94. The molecule has 2 unspecified atom stereocenters. The van der Waals surface area contributed by atoms with Gasteiger partial charge in [-0.15, -0.1) is 12.3 Å². The molecular weight excluding hydrogens is 532 g/mol. The maximum absolute atomic E-state index is 12.5. The molecule has 3 rings (SSSR count). The number of nitro groups is 1. The molecule has 2 aliphatic rings. The number of carbonyl (C=O) groups excluding carboxylic acids is 2. The summed E-state index contributed by atoms with van der Waals surface area (Å²) in [7, 11) is 1.65. The molecule has 1 aromatic heterocycles. The van der Waals surface area contributed by atoms with Gasteiger partial charge in [-0.25, -0.2) is 4.98 Å². The number of ketones is 1. The van der Waals surface area contributed by atoms with Crippen molar-refractivity contribution in [3.63, 3.8) is 0 Å². The van der Waals surface area contributed by atoms with Crippen molar-refractivity contribution >= 4 is 23.4 Å². The zero-order chi connectivity index (χ0) is 30.2. The van der Waals surface area contributed by atoms with E-state index in [2.05, 4.69) is 36.1 Å². The first-order valence-electron chi connectivity index (χ1n) is 13.2. The number of hydrogen-bond donors (Lipinski definition) is 1. The van der Waals surface area contributed by atoms with Crippen LogP contribution in [-0.4, -0.2) is 46.3 Å². The Morgan fingerprint density at radius 2 is 2.08 bits per heavy atom. The highest BCUT2D eigenvalue weighted by molar-refractivity contribution is 6.29. The number of aromatic nitrogens is 1. The minimum absolute atomic E-state index is 0.00385. The summed E-state index contributed by atoms with van der Waals surface area (Å²) in [6.07, 6.45) is 10.1. The molecule has 0 saturated heterocycles. The van der Waals surface area contributed by atoms with Gasteiger partial charge in [0.2, 0.25) is 0 Å². The Bertz CT molecular complexity index is 1240. The largest absolute Gasteiger partial charge is 0.457 e. The molecule has 2 aliphatic carbocycles. The van der Waals surface area contributed by atoms with Gasteiger partial charge in [-0.1, -0.05) is 43.2 Å². The lowest BCUT2D eigenvalue weighted by Gasteiger charge is -2.23. The van der Waals surface area contributed by atoms with E-state index in [1.54, 1.807) is 19.3 Å². The van der Waals surface area contributed by atoms with Crippen molar-refractivity contribution in [2.45, 2.75) is 67.0 Å². The molecule has 9 nitrogen and oxygen atoms in total. The van der Waals surface area contributed by atoms with Crippen LogP contribution >= 0.6 is 11.6 Å². The first-order valence-corrected chi connectivity index (χ1v) is 13.5. The van der Waals surface area contributed by atoms with Crippen molar-refractivity contribution < 1.29 is 19.2 Å². The molecule has 1 heterocycles. The Labute approximate surface area is 241 Å². The van der Waals surface area contributed by atoms with Crippen LogP contribution in [0.5, 0.6) is 0 Å². The Morgan fingerprint density at radius 3 is 2.58 bits per heavy atom. The molecule has 1 N–H and O–H groups in total. The van der Waals surface area contributed by atoms with Gasteiger partial charge < -0.3 is 15.0 Å². The number of hydrogen-bond acceptors (Lipinski definition) is 8. The van der Waals surface area contributed by atoms with Crippen LogP contribution in [0.25, 0.3) is 0 Å². The summed E-state index contributed by atoms with van der Waals surface area (Å²) in [4.78, 5) is 40.3. The average Bonchev–Trinajstić information content (AvgIpc) is 3.32. The van der Waals surface area contributed by atoms with Gasteiger partial charge in [0.25, 0.3) is 6.20 Å². The Morgan fingerprint density at radius 1 is 1.40 bits per heavy atom. The van der Waals surface area contributed by atoms with Gasteiger partial charge in [0.15, 0.2) is 11.6 Å². The number of Topliss-reactive ketones (excluding diaryl/α,β-unsaturated/α-hetero) is 1. The van der Waals surface area contributed by atoms with Gasteiger partial charge in [-0.3, -0.25) is 19.7 Å². The molecule has 0 bridgehead atoms. The van der Waals surface area contributed by atoms with Crippen molar-refractivity contribution in [3.05, 3.63) is 74.0 Å². The Balaban J connectivity index is 0.000000286. The maximum atomic E-state index is 12.5. The topological polar surface area (TPSA) is 115 Å². The van der Waals surface area contributed by atoms with E-state index in [-0.39, 0.29) is 35.4 Å². The number of nitrogens with one attached hydrogen (secondary N) is 1. The molecule has 3 atom stereocenters. The third-order valence-corrected chi connectivity index (χ3v) is 7.47. The third-order valence-electron chi connectivity index (χ3n) is 7.25. The molecule has 1 saturated carbocycles. The van der Waals surface area contributed by atoms with Gasteiger partial charge in [-0.2, -0.15) is 0 Å².